The van der Waals surface area contributed by atoms with Gasteiger partial charge in [-0.3, -0.25) is 9.69 Å². The maximum Gasteiger partial charge on any atom is 0.401 e. The molecule has 34 heavy (non-hydrogen) atoms. The van der Waals surface area contributed by atoms with E-state index >= 15 is 0 Å². The molecule has 2 aliphatic carbocycles. The van der Waals surface area contributed by atoms with Crippen molar-refractivity contribution in [2.75, 3.05) is 32.7 Å². The van der Waals surface area contributed by atoms with Gasteiger partial charge in [-0.2, -0.15) is 13.2 Å². The number of fused-ring (bicyclic) bond motifs is 1. The van der Waals surface area contributed by atoms with Crippen molar-refractivity contribution in [1.29, 1.82) is 0 Å². The number of hydrogen-bond donors (Lipinski definition) is 2. The van der Waals surface area contributed by atoms with Gasteiger partial charge >= 0.3 is 6.18 Å². The molecular formula is C25H40F4N4O. The Kier molecular flexibility index (Phi) is 6.92. The first-order valence-electron chi connectivity index (χ1n) is 13.3. The summed E-state index contributed by atoms with van der Waals surface area (Å²) in [5.41, 5.74) is 0.0698. The molecule has 0 aromatic rings. The van der Waals surface area contributed by atoms with Crippen LogP contribution in [0.1, 0.15) is 64.7 Å². The highest BCUT2D eigenvalue weighted by molar-refractivity contribution is 5.82. The van der Waals surface area contributed by atoms with Crippen molar-refractivity contribution in [3.63, 3.8) is 0 Å². The normalized spacial score (nSPS) is 41.1. The van der Waals surface area contributed by atoms with E-state index in [1.165, 1.54) is 4.90 Å². The summed E-state index contributed by atoms with van der Waals surface area (Å²) in [5, 5.41) is 6.71. The molecule has 7 unspecified atom stereocenters. The number of nitrogens with zero attached hydrogens (tertiary/aromatic N) is 2. The number of carbonyl (C=O) groups is 1. The monoisotopic (exact) mass is 488 g/mol. The lowest BCUT2D eigenvalue weighted by atomic mass is 9.71. The second-order valence-electron chi connectivity index (χ2n) is 12.0. The summed E-state index contributed by atoms with van der Waals surface area (Å²) in [5.74, 6) is 0.390. The van der Waals surface area contributed by atoms with E-state index in [1.54, 1.807) is 0 Å². The predicted octanol–water partition coefficient (Wildman–Crippen LogP) is 3.49. The molecule has 194 valence electrons. The first-order chi connectivity index (χ1) is 16.1. The Morgan fingerprint density at radius 1 is 1.09 bits per heavy atom. The van der Waals surface area contributed by atoms with E-state index in [1.807, 2.05) is 0 Å². The Morgan fingerprint density at radius 3 is 2.50 bits per heavy atom. The van der Waals surface area contributed by atoms with Crippen molar-refractivity contribution in [3.8, 4) is 0 Å². The van der Waals surface area contributed by atoms with Crippen molar-refractivity contribution in [1.82, 2.24) is 20.4 Å². The van der Waals surface area contributed by atoms with Crippen molar-refractivity contribution in [2.45, 2.75) is 101 Å². The molecule has 1 spiro atoms. The molecule has 7 atom stereocenters. The van der Waals surface area contributed by atoms with E-state index in [0.717, 1.165) is 58.0 Å². The average molecular weight is 489 g/mol. The fourth-order valence-electron chi connectivity index (χ4n) is 7.68. The van der Waals surface area contributed by atoms with Gasteiger partial charge in [0.1, 0.15) is 6.17 Å². The molecule has 0 aromatic heterocycles. The number of alkyl halides is 4. The van der Waals surface area contributed by atoms with Gasteiger partial charge in [0.05, 0.1) is 12.6 Å². The van der Waals surface area contributed by atoms with Gasteiger partial charge in [0, 0.05) is 37.1 Å². The number of rotatable bonds is 4. The molecule has 1 amide bonds. The largest absolute Gasteiger partial charge is 0.401 e. The molecule has 0 bridgehead atoms. The quantitative estimate of drug-likeness (QED) is 0.595. The zero-order valence-corrected chi connectivity index (χ0v) is 20.3. The van der Waals surface area contributed by atoms with Gasteiger partial charge in [0.15, 0.2) is 0 Å². The minimum atomic E-state index is -4.11. The minimum absolute atomic E-state index is 0.0243. The molecule has 5 nitrogen and oxygen atoms in total. The van der Waals surface area contributed by atoms with Crippen LogP contribution in [-0.2, 0) is 4.79 Å². The van der Waals surface area contributed by atoms with Gasteiger partial charge in [0.2, 0.25) is 5.91 Å². The molecule has 0 radical (unpaired) electrons. The van der Waals surface area contributed by atoms with Crippen LogP contribution in [0.25, 0.3) is 0 Å². The fourth-order valence-corrected chi connectivity index (χ4v) is 7.68. The summed E-state index contributed by atoms with van der Waals surface area (Å²) in [4.78, 5) is 17.1. The van der Waals surface area contributed by atoms with Crippen molar-refractivity contribution >= 4 is 5.91 Å². The summed E-state index contributed by atoms with van der Waals surface area (Å²) in [6.45, 7) is 4.38. The van der Waals surface area contributed by atoms with Crippen LogP contribution in [0.5, 0.6) is 0 Å². The second kappa shape index (κ2) is 9.51. The first-order valence-corrected chi connectivity index (χ1v) is 13.3. The van der Waals surface area contributed by atoms with Crippen molar-refractivity contribution in [3.05, 3.63) is 0 Å². The second-order valence-corrected chi connectivity index (χ2v) is 12.0. The van der Waals surface area contributed by atoms with E-state index in [2.05, 4.69) is 22.5 Å². The van der Waals surface area contributed by atoms with Gasteiger partial charge in [0.25, 0.3) is 0 Å². The number of carbonyl (C=O) groups excluding carboxylic acids is 1. The molecule has 5 aliphatic rings. The molecule has 3 aliphatic heterocycles. The summed E-state index contributed by atoms with van der Waals surface area (Å²) in [6, 6.07) is 0.397. The Morgan fingerprint density at radius 2 is 1.82 bits per heavy atom. The summed E-state index contributed by atoms with van der Waals surface area (Å²) in [7, 11) is 0. The number of nitrogens with one attached hydrogen (secondary N) is 2. The van der Waals surface area contributed by atoms with Crippen molar-refractivity contribution < 1.29 is 22.4 Å². The summed E-state index contributed by atoms with van der Waals surface area (Å²) >= 11 is 0. The molecule has 9 heteroatoms. The van der Waals surface area contributed by atoms with Crippen LogP contribution >= 0.6 is 0 Å². The van der Waals surface area contributed by atoms with E-state index in [9.17, 15) is 22.4 Å². The molecule has 5 fully saturated rings. The minimum Gasteiger partial charge on any atom is -0.352 e. The third kappa shape index (κ3) is 5.26. The highest BCUT2D eigenvalue weighted by Crippen LogP contribution is 2.43. The SMILES string of the molecule is CC1CCC(F)C2CC(C(=O)NC3CCCC(N4CCC5(CC4)CN(CC(F)(F)F)C5)C3)NC12. The van der Waals surface area contributed by atoms with Crippen LogP contribution in [0.15, 0.2) is 0 Å². The van der Waals surface area contributed by atoms with E-state index in [4.69, 9.17) is 0 Å². The van der Waals surface area contributed by atoms with Gasteiger partial charge in [-0.15, -0.1) is 0 Å². The third-order valence-corrected chi connectivity index (χ3v) is 9.54. The zero-order valence-electron chi connectivity index (χ0n) is 20.3. The van der Waals surface area contributed by atoms with Crippen LogP contribution in [-0.4, -0.2) is 84.9 Å². The van der Waals surface area contributed by atoms with Gasteiger partial charge in [-0.05, 0) is 82.2 Å². The first kappa shape index (κ1) is 24.8. The van der Waals surface area contributed by atoms with Crippen molar-refractivity contribution in [2.24, 2.45) is 17.3 Å². The number of hydrogen-bond acceptors (Lipinski definition) is 4. The van der Waals surface area contributed by atoms with Crippen LogP contribution in [0.3, 0.4) is 0 Å². The standard InChI is InChI=1S/C25H40F4N4O/c1-16-5-6-20(26)19-12-21(31-22(16)19)23(34)30-17-3-2-4-18(11-17)33-9-7-24(8-10-33)13-32(14-24)15-25(27,28)29/h16-22,31H,2-15H2,1H3,(H,30,34). The summed E-state index contributed by atoms with van der Waals surface area (Å²) in [6.07, 6.45) is 3.21. The Labute approximate surface area is 200 Å². The van der Waals surface area contributed by atoms with Gasteiger partial charge < -0.3 is 15.5 Å². The molecule has 5 rings (SSSR count). The number of halogens is 4. The lowest BCUT2D eigenvalue weighted by Gasteiger charge is -2.55. The van der Waals surface area contributed by atoms with Crippen LogP contribution in [0.2, 0.25) is 0 Å². The number of likely N-dealkylation sites (tertiary alicyclic amines) is 2. The molecular weight excluding hydrogens is 448 g/mol. The van der Waals surface area contributed by atoms with E-state index in [0.29, 0.717) is 37.9 Å². The molecule has 3 saturated heterocycles. The topological polar surface area (TPSA) is 47.6 Å². The molecule has 2 saturated carbocycles. The number of piperidine rings is 1. The Hall–Kier alpha value is -0.930. The van der Waals surface area contributed by atoms with Crippen LogP contribution in [0, 0.1) is 17.3 Å². The lowest BCUT2D eigenvalue weighted by Crippen LogP contribution is -2.62. The highest BCUT2D eigenvalue weighted by Gasteiger charge is 2.49. The molecule has 2 N–H and O–H groups in total. The van der Waals surface area contributed by atoms with E-state index in [-0.39, 0.29) is 35.4 Å². The van der Waals surface area contributed by atoms with Crippen LogP contribution < -0.4 is 10.6 Å². The Balaban J connectivity index is 1.07. The highest BCUT2D eigenvalue weighted by atomic mass is 19.4. The lowest BCUT2D eigenvalue weighted by molar-refractivity contribution is -0.175. The van der Waals surface area contributed by atoms with Crippen LogP contribution in [0.4, 0.5) is 17.6 Å². The number of amides is 1. The molecule has 3 heterocycles. The van der Waals surface area contributed by atoms with E-state index < -0.39 is 18.9 Å². The summed E-state index contributed by atoms with van der Waals surface area (Å²) < 4.78 is 52.3. The Bertz CT molecular complexity index is 715. The maximum atomic E-state index is 14.4. The predicted molar refractivity (Wildman–Crippen MR) is 122 cm³/mol. The third-order valence-electron chi connectivity index (χ3n) is 9.54. The smallest absolute Gasteiger partial charge is 0.352 e. The average Bonchev–Trinajstić information content (AvgIpc) is 3.22. The molecule has 0 aromatic carbocycles. The van der Waals surface area contributed by atoms with Gasteiger partial charge in [-0.25, -0.2) is 4.39 Å². The fraction of sp³-hybridized carbons (Fsp3) is 0.960. The van der Waals surface area contributed by atoms with Gasteiger partial charge in [-0.1, -0.05) is 6.92 Å². The maximum absolute atomic E-state index is 14.4. The zero-order chi connectivity index (χ0) is 24.1.